The van der Waals surface area contributed by atoms with Crippen molar-refractivity contribution < 1.29 is 13.2 Å². The number of amides is 1. The molecule has 0 saturated carbocycles. The Hall–Kier alpha value is -1.34. The highest BCUT2D eigenvalue weighted by atomic mass is 32.2. The van der Waals surface area contributed by atoms with Gasteiger partial charge in [0.25, 0.3) is 10.0 Å². The van der Waals surface area contributed by atoms with Crippen molar-refractivity contribution in [2.45, 2.75) is 43.8 Å². The molecule has 1 amide bonds. The molecular weight excluding hydrogens is 320 g/mol. The van der Waals surface area contributed by atoms with Gasteiger partial charge in [-0.05, 0) is 37.5 Å². The molecule has 1 aromatic carbocycles. The van der Waals surface area contributed by atoms with Crippen LogP contribution < -0.4 is 0 Å². The van der Waals surface area contributed by atoms with Crippen LogP contribution in [0.3, 0.4) is 0 Å². The number of benzene rings is 1. The van der Waals surface area contributed by atoms with Gasteiger partial charge >= 0.3 is 0 Å². The second-order valence-corrected chi connectivity index (χ2v) is 7.72. The molecular formula is C15H20N2O3S2. The lowest BCUT2D eigenvalue weighted by Crippen LogP contribution is -2.32. The molecule has 22 heavy (non-hydrogen) atoms. The third-order valence-electron chi connectivity index (χ3n) is 3.53. The van der Waals surface area contributed by atoms with Crippen molar-refractivity contribution >= 4 is 32.9 Å². The Balaban J connectivity index is 2.35. The number of nitrogens with zero attached hydrogens (tertiary/aromatic N) is 2. The lowest BCUT2D eigenvalue weighted by atomic mass is 10.2. The molecule has 0 radical (unpaired) electrons. The van der Waals surface area contributed by atoms with Crippen LogP contribution in [-0.4, -0.2) is 36.2 Å². The predicted molar refractivity (Wildman–Crippen MR) is 89.5 cm³/mol. The maximum atomic E-state index is 12.4. The highest BCUT2D eigenvalue weighted by Crippen LogP contribution is 2.30. The van der Waals surface area contributed by atoms with Crippen molar-refractivity contribution in [1.82, 2.24) is 4.90 Å². The van der Waals surface area contributed by atoms with Crippen molar-refractivity contribution in [3.8, 4) is 0 Å². The summed E-state index contributed by atoms with van der Waals surface area (Å²) < 4.78 is 28.7. The van der Waals surface area contributed by atoms with E-state index in [4.69, 9.17) is 0 Å². The van der Waals surface area contributed by atoms with Crippen LogP contribution in [0.25, 0.3) is 0 Å². The van der Waals surface area contributed by atoms with Crippen LogP contribution >= 0.6 is 11.8 Å². The predicted octanol–water partition coefficient (Wildman–Crippen LogP) is 2.67. The number of amidine groups is 1. The third-order valence-corrected chi connectivity index (χ3v) is 6.27. The number of sulfonamides is 1. The highest BCUT2D eigenvalue weighted by Gasteiger charge is 2.37. The number of thioether (sulfide) groups is 1. The molecule has 120 valence electrons. The fourth-order valence-corrected chi connectivity index (χ4v) is 4.53. The Morgan fingerprint density at radius 1 is 1.18 bits per heavy atom. The number of hydrogen-bond donors (Lipinski definition) is 0. The van der Waals surface area contributed by atoms with Gasteiger partial charge in [0.2, 0.25) is 5.91 Å². The molecule has 5 nitrogen and oxygen atoms in total. The summed E-state index contributed by atoms with van der Waals surface area (Å²) >= 11 is 1.23. The van der Waals surface area contributed by atoms with Gasteiger partial charge in [0.1, 0.15) is 0 Å². The summed E-state index contributed by atoms with van der Waals surface area (Å²) in [5.41, 5.74) is 1.07. The maximum absolute atomic E-state index is 12.4. The van der Waals surface area contributed by atoms with Gasteiger partial charge in [0.05, 0.1) is 10.1 Å². The molecule has 0 aromatic heterocycles. The van der Waals surface area contributed by atoms with Crippen LogP contribution in [0.2, 0.25) is 0 Å². The molecule has 1 aliphatic rings. The molecule has 0 bridgehead atoms. The average molecular weight is 340 g/mol. The van der Waals surface area contributed by atoms with E-state index in [1.165, 1.54) is 16.7 Å². The fourth-order valence-electron chi connectivity index (χ4n) is 2.18. The van der Waals surface area contributed by atoms with Gasteiger partial charge < -0.3 is 0 Å². The van der Waals surface area contributed by atoms with Crippen molar-refractivity contribution in [3.63, 3.8) is 0 Å². The lowest BCUT2D eigenvalue weighted by Gasteiger charge is -2.12. The molecule has 7 heteroatoms. The standard InChI is InChI=1S/C15H20N2O3S2/c1-4-11-7-9-12(10-8-11)22(19,20)16-15-17(6-3)14(18)13(5-2)21-15/h7-10,13H,4-6H2,1-3H3/b16-15-. The zero-order valence-electron chi connectivity index (χ0n) is 12.9. The summed E-state index contributed by atoms with van der Waals surface area (Å²) in [6.45, 7) is 6.15. The summed E-state index contributed by atoms with van der Waals surface area (Å²) in [4.78, 5) is 13.7. The Labute approximate surface area is 135 Å². The Kier molecular flexibility index (Phi) is 5.28. The van der Waals surface area contributed by atoms with Crippen LogP contribution in [-0.2, 0) is 21.2 Å². The first kappa shape index (κ1) is 17.0. The molecule has 1 fully saturated rings. The molecule has 1 aliphatic heterocycles. The van der Waals surface area contributed by atoms with Crippen molar-refractivity contribution in [3.05, 3.63) is 29.8 Å². The van der Waals surface area contributed by atoms with E-state index < -0.39 is 10.0 Å². The van der Waals surface area contributed by atoms with Crippen LogP contribution in [0.4, 0.5) is 0 Å². The van der Waals surface area contributed by atoms with Crippen LogP contribution in [0.5, 0.6) is 0 Å². The highest BCUT2D eigenvalue weighted by molar-refractivity contribution is 8.16. The molecule has 2 rings (SSSR count). The van der Waals surface area contributed by atoms with E-state index in [9.17, 15) is 13.2 Å². The van der Waals surface area contributed by atoms with Crippen molar-refractivity contribution in [2.75, 3.05) is 6.54 Å². The van der Waals surface area contributed by atoms with Gasteiger partial charge in [0, 0.05) is 6.54 Å². The van der Waals surface area contributed by atoms with E-state index in [0.717, 1.165) is 12.0 Å². The zero-order chi connectivity index (χ0) is 16.3. The van der Waals surface area contributed by atoms with E-state index in [-0.39, 0.29) is 21.2 Å². The quantitative estimate of drug-likeness (QED) is 0.826. The first-order valence-electron chi connectivity index (χ1n) is 7.34. The van der Waals surface area contributed by atoms with Crippen molar-refractivity contribution in [2.24, 2.45) is 4.40 Å². The van der Waals surface area contributed by atoms with Gasteiger partial charge in [-0.1, -0.05) is 37.7 Å². The zero-order valence-corrected chi connectivity index (χ0v) is 14.6. The van der Waals surface area contributed by atoms with Crippen LogP contribution in [0.15, 0.2) is 33.6 Å². The van der Waals surface area contributed by atoms with Crippen LogP contribution in [0, 0.1) is 0 Å². The van der Waals surface area contributed by atoms with Gasteiger partial charge in [0.15, 0.2) is 5.17 Å². The number of rotatable bonds is 5. The Morgan fingerprint density at radius 3 is 2.32 bits per heavy atom. The minimum atomic E-state index is -3.79. The molecule has 1 aromatic rings. The Bertz CT molecular complexity index is 681. The van der Waals surface area contributed by atoms with Gasteiger partial charge in [-0.15, -0.1) is 4.40 Å². The molecule has 1 atom stereocenters. The minimum absolute atomic E-state index is 0.0646. The molecule has 1 unspecified atom stereocenters. The number of carbonyl (C=O) groups excluding carboxylic acids is 1. The number of carbonyl (C=O) groups is 1. The molecule has 0 N–H and O–H groups in total. The molecule has 0 aliphatic carbocycles. The second kappa shape index (κ2) is 6.83. The summed E-state index contributed by atoms with van der Waals surface area (Å²) in [6, 6.07) is 6.69. The first-order chi connectivity index (χ1) is 10.4. The SMILES string of the molecule is CCc1ccc(S(=O)(=O)/N=C2\SC(CC)C(=O)N2CC)cc1. The molecule has 1 saturated heterocycles. The fraction of sp³-hybridized carbons (Fsp3) is 0.467. The van der Waals surface area contributed by atoms with Crippen molar-refractivity contribution in [1.29, 1.82) is 0 Å². The maximum Gasteiger partial charge on any atom is 0.284 e. The average Bonchev–Trinajstić information content (AvgIpc) is 2.81. The Morgan fingerprint density at radius 2 is 1.82 bits per heavy atom. The largest absolute Gasteiger partial charge is 0.290 e. The van der Waals surface area contributed by atoms with Gasteiger partial charge in [-0.2, -0.15) is 8.42 Å². The minimum Gasteiger partial charge on any atom is -0.290 e. The van der Waals surface area contributed by atoms with Crippen LogP contribution in [0.1, 0.15) is 32.8 Å². The number of aryl methyl sites for hydroxylation is 1. The van der Waals surface area contributed by atoms with E-state index >= 15 is 0 Å². The topological polar surface area (TPSA) is 66.8 Å². The van der Waals surface area contributed by atoms with Gasteiger partial charge in [-0.25, -0.2) is 0 Å². The second-order valence-electron chi connectivity index (χ2n) is 4.94. The van der Waals surface area contributed by atoms with E-state index in [2.05, 4.69) is 4.40 Å². The summed E-state index contributed by atoms with van der Waals surface area (Å²) in [7, 11) is -3.79. The monoisotopic (exact) mass is 340 g/mol. The summed E-state index contributed by atoms with van der Waals surface area (Å²) in [5, 5.41) is 0.0373. The van der Waals surface area contributed by atoms with E-state index in [1.807, 2.05) is 20.8 Å². The van der Waals surface area contributed by atoms with E-state index in [1.54, 1.807) is 24.3 Å². The van der Waals surface area contributed by atoms with E-state index in [0.29, 0.717) is 13.0 Å². The lowest BCUT2D eigenvalue weighted by molar-refractivity contribution is -0.126. The summed E-state index contributed by atoms with van der Waals surface area (Å²) in [5.74, 6) is -0.0646. The molecule has 1 heterocycles. The first-order valence-corrected chi connectivity index (χ1v) is 9.66. The third kappa shape index (κ3) is 3.35. The number of hydrogen-bond acceptors (Lipinski definition) is 4. The van der Waals surface area contributed by atoms with Gasteiger partial charge in [-0.3, -0.25) is 9.69 Å². The summed E-state index contributed by atoms with van der Waals surface area (Å²) in [6.07, 6.45) is 1.51. The normalized spacial score (nSPS) is 20.9. The smallest absolute Gasteiger partial charge is 0.284 e. The molecule has 0 spiro atoms.